The minimum Gasteiger partial charge on any atom is -0.404 e. The van der Waals surface area contributed by atoms with Gasteiger partial charge in [0.1, 0.15) is 0 Å². The fraction of sp³-hybridized carbons (Fsp3) is 0.739. The maximum absolute atomic E-state index is 6.57. The molecule has 2 saturated carbocycles. The molecule has 27 heavy (non-hydrogen) atoms. The highest BCUT2D eigenvalue weighted by molar-refractivity contribution is 6.46. The summed E-state index contributed by atoms with van der Waals surface area (Å²) in [7, 11) is -0.215. The summed E-state index contributed by atoms with van der Waals surface area (Å²) in [4.78, 5) is 0. The van der Waals surface area contributed by atoms with E-state index in [4.69, 9.17) is 14.0 Å². The Morgan fingerprint density at radius 2 is 1.37 bits per heavy atom. The van der Waals surface area contributed by atoms with Crippen LogP contribution in [0.4, 0.5) is 0 Å². The third-order valence-corrected chi connectivity index (χ3v) is 6.87. The van der Waals surface area contributed by atoms with E-state index in [1.165, 1.54) is 69.8 Å². The van der Waals surface area contributed by atoms with Crippen LogP contribution in [0.25, 0.3) is 0 Å². The molecule has 3 atom stereocenters. The Morgan fingerprint density at radius 3 is 1.89 bits per heavy atom. The van der Waals surface area contributed by atoms with Crippen molar-refractivity contribution < 1.29 is 14.0 Å². The first-order valence-corrected chi connectivity index (χ1v) is 11.3. The molecule has 1 heterocycles. The Bertz CT molecular complexity index is 528. The maximum atomic E-state index is 6.57. The molecular weight excluding hydrogens is 335 g/mol. The van der Waals surface area contributed by atoms with Gasteiger partial charge in [-0.3, -0.25) is 0 Å². The second kappa shape index (κ2) is 9.58. The van der Waals surface area contributed by atoms with Crippen LogP contribution in [0, 0.1) is 11.8 Å². The van der Waals surface area contributed by atoms with Gasteiger partial charge in [0.05, 0.1) is 24.8 Å². The summed E-state index contributed by atoms with van der Waals surface area (Å²) in [6.07, 6.45) is 14.0. The molecule has 1 unspecified atom stereocenters. The molecule has 0 spiro atoms. The number of benzene rings is 1. The van der Waals surface area contributed by atoms with Gasteiger partial charge in [-0.25, -0.2) is 0 Å². The molecule has 1 aromatic rings. The van der Waals surface area contributed by atoms with Crippen LogP contribution >= 0.6 is 0 Å². The zero-order valence-corrected chi connectivity index (χ0v) is 16.9. The van der Waals surface area contributed by atoms with Crippen LogP contribution in [0.15, 0.2) is 30.3 Å². The Balaban J connectivity index is 1.39. The van der Waals surface area contributed by atoms with Crippen LogP contribution in [-0.2, 0) is 20.7 Å². The topological polar surface area (TPSA) is 27.7 Å². The normalized spacial score (nSPS) is 29.1. The first-order valence-electron chi connectivity index (χ1n) is 11.3. The van der Waals surface area contributed by atoms with Crippen LogP contribution in [0.5, 0.6) is 0 Å². The van der Waals surface area contributed by atoms with Crippen molar-refractivity contribution in [2.75, 3.05) is 0 Å². The zero-order chi connectivity index (χ0) is 18.5. The van der Waals surface area contributed by atoms with E-state index in [1.807, 2.05) is 6.07 Å². The van der Waals surface area contributed by atoms with E-state index in [9.17, 15) is 0 Å². The summed E-state index contributed by atoms with van der Waals surface area (Å²) in [6.45, 7) is 2.72. The van der Waals surface area contributed by atoms with Gasteiger partial charge >= 0.3 is 7.12 Å². The minimum atomic E-state index is -0.215. The zero-order valence-electron chi connectivity index (χ0n) is 16.9. The van der Waals surface area contributed by atoms with Gasteiger partial charge in [-0.1, -0.05) is 68.9 Å². The van der Waals surface area contributed by atoms with Crippen molar-refractivity contribution in [3.8, 4) is 0 Å². The van der Waals surface area contributed by atoms with Crippen LogP contribution in [0.3, 0.4) is 0 Å². The van der Waals surface area contributed by atoms with Crippen molar-refractivity contribution in [2.24, 2.45) is 11.8 Å². The van der Waals surface area contributed by atoms with E-state index in [2.05, 4.69) is 31.2 Å². The molecule has 1 saturated heterocycles. The van der Waals surface area contributed by atoms with Crippen LogP contribution < -0.4 is 0 Å². The molecule has 1 aliphatic heterocycles. The third-order valence-electron chi connectivity index (χ3n) is 6.87. The van der Waals surface area contributed by atoms with Crippen molar-refractivity contribution in [1.82, 2.24) is 0 Å². The molecule has 4 heteroatoms. The molecule has 4 rings (SSSR count). The van der Waals surface area contributed by atoms with E-state index in [1.54, 1.807) is 0 Å². The Labute approximate surface area is 165 Å². The lowest BCUT2D eigenvalue weighted by molar-refractivity contribution is 0.0324. The quantitative estimate of drug-likeness (QED) is 0.613. The largest absolute Gasteiger partial charge is 0.488 e. The van der Waals surface area contributed by atoms with Gasteiger partial charge in [0, 0.05) is 0 Å². The van der Waals surface area contributed by atoms with E-state index < -0.39 is 0 Å². The summed E-state index contributed by atoms with van der Waals surface area (Å²) in [6, 6.07) is 10.3. The number of hydrogen-bond acceptors (Lipinski definition) is 3. The summed E-state index contributed by atoms with van der Waals surface area (Å²) >= 11 is 0. The Morgan fingerprint density at radius 1 is 0.852 bits per heavy atom. The maximum Gasteiger partial charge on any atom is 0.488 e. The smallest absolute Gasteiger partial charge is 0.404 e. The van der Waals surface area contributed by atoms with Crippen LogP contribution in [0.2, 0.25) is 0 Å². The lowest BCUT2D eigenvalue weighted by atomic mass is 9.77. The number of ether oxygens (including phenoxy) is 1. The number of rotatable bonds is 6. The van der Waals surface area contributed by atoms with Gasteiger partial charge < -0.3 is 14.0 Å². The average Bonchev–Trinajstić information content (AvgIpc) is 3.20. The van der Waals surface area contributed by atoms with Crippen LogP contribution in [0.1, 0.15) is 76.7 Å². The minimum absolute atomic E-state index is 0.0371. The molecular formula is C23H35BO3. The van der Waals surface area contributed by atoms with Crippen molar-refractivity contribution in [3.05, 3.63) is 35.9 Å². The molecule has 2 aliphatic carbocycles. The standard InChI is InChI=1S/C23H35BO3/c1-18(25-17-19-11-5-2-6-12-19)24-26-22(20-13-7-3-8-14-20)23(27-24)21-15-9-4-10-16-21/h2,5-6,11-12,18,20-23H,3-4,7-10,13-17H2,1H3/t18?,22-,23-/m0/s1. The van der Waals surface area contributed by atoms with Crippen LogP contribution in [-0.4, -0.2) is 25.3 Å². The van der Waals surface area contributed by atoms with Gasteiger partial charge in [0.2, 0.25) is 0 Å². The summed E-state index contributed by atoms with van der Waals surface area (Å²) in [5.74, 6) is 1.36. The highest BCUT2D eigenvalue weighted by atomic mass is 16.7. The Hall–Kier alpha value is -0.835. The van der Waals surface area contributed by atoms with Crippen molar-refractivity contribution in [2.45, 2.75) is 96.0 Å². The van der Waals surface area contributed by atoms with Crippen molar-refractivity contribution in [3.63, 3.8) is 0 Å². The molecule has 3 nitrogen and oxygen atoms in total. The lowest BCUT2D eigenvalue weighted by Crippen LogP contribution is -2.38. The summed E-state index contributed by atoms with van der Waals surface area (Å²) in [5.41, 5.74) is 1.20. The third kappa shape index (κ3) is 4.96. The van der Waals surface area contributed by atoms with Gasteiger partial charge in [-0.15, -0.1) is 0 Å². The fourth-order valence-electron chi connectivity index (χ4n) is 5.28. The predicted molar refractivity (Wildman–Crippen MR) is 109 cm³/mol. The van der Waals surface area contributed by atoms with Gasteiger partial charge in [-0.2, -0.15) is 0 Å². The molecule has 0 amide bonds. The van der Waals surface area contributed by atoms with Gasteiger partial charge in [0.15, 0.2) is 0 Å². The fourth-order valence-corrected chi connectivity index (χ4v) is 5.28. The van der Waals surface area contributed by atoms with Crippen molar-refractivity contribution >= 4 is 7.12 Å². The SMILES string of the molecule is CC(OCc1ccccc1)B1O[C@@H](C2CCCCC2)[C@H](C2CCCCC2)O1. The molecule has 148 valence electrons. The summed E-state index contributed by atoms with van der Waals surface area (Å²) < 4.78 is 19.3. The highest BCUT2D eigenvalue weighted by Crippen LogP contribution is 2.40. The molecule has 1 aromatic carbocycles. The predicted octanol–water partition coefficient (Wildman–Crippen LogP) is 5.56. The van der Waals surface area contributed by atoms with E-state index in [0.29, 0.717) is 18.4 Å². The lowest BCUT2D eigenvalue weighted by Gasteiger charge is -2.35. The van der Waals surface area contributed by atoms with E-state index >= 15 is 0 Å². The monoisotopic (exact) mass is 370 g/mol. The molecule has 0 radical (unpaired) electrons. The molecule has 0 N–H and O–H groups in total. The molecule has 3 fully saturated rings. The first kappa shape index (κ1) is 19.5. The Kier molecular flexibility index (Phi) is 6.91. The molecule has 3 aliphatic rings. The second-order valence-electron chi connectivity index (χ2n) is 8.87. The van der Waals surface area contributed by atoms with E-state index in [0.717, 1.165) is 0 Å². The van der Waals surface area contributed by atoms with E-state index in [-0.39, 0.29) is 25.3 Å². The second-order valence-corrected chi connectivity index (χ2v) is 8.87. The highest BCUT2D eigenvalue weighted by Gasteiger charge is 2.49. The van der Waals surface area contributed by atoms with Gasteiger partial charge in [0.25, 0.3) is 0 Å². The first-order chi connectivity index (χ1) is 13.3. The summed E-state index contributed by atoms with van der Waals surface area (Å²) in [5, 5.41) is 0. The van der Waals surface area contributed by atoms with Crippen molar-refractivity contribution in [1.29, 1.82) is 0 Å². The average molecular weight is 370 g/mol. The molecule has 0 aromatic heterocycles. The number of hydrogen-bond donors (Lipinski definition) is 0. The van der Waals surface area contributed by atoms with Gasteiger partial charge in [-0.05, 0) is 50.0 Å². The molecule has 0 bridgehead atoms.